The number of halogens is 2. The van der Waals surface area contributed by atoms with Crippen molar-refractivity contribution >= 4 is 5.97 Å². The zero-order valence-electron chi connectivity index (χ0n) is 9.19. The van der Waals surface area contributed by atoms with Gasteiger partial charge >= 0.3 is 5.97 Å². The fourth-order valence-corrected chi connectivity index (χ4v) is 1.86. The Hall–Kier alpha value is -0.750. The van der Waals surface area contributed by atoms with Gasteiger partial charge in [-0.25, -0.2) is 8.78 Å². The summed E-state index contributed by atoms with van der Waals surface area (Å²) in [6.45, 7) is 3.33. The lowest BCUT2D eigenvalue weighted by molar-refractivity contribution is -0.233. The molecule has 2 unspecified atom stereocenters. The van der Waals surface area contributed by atoms with Crippen LogP contribution in [0.5, 0.6) is 0 Å². The van der Waals surface area contributed by atoms with Crippen LogP contribution in [0.2, 0.25) is 0 Å². The molecule has 6 heteroatoms. The van der Waals surface area contributed by atoms with Crippen molar-refractivity contribution in [1.29, 1.82) is 0 Å². The van der Waals surface area contributed by atoms with E-state index in [1.54, 1.807) is 13.8 Å². The highest BCUT2D eigenvalue weighted by Crippen LogP contribution is 2.52. The Bertz CT molecular complexity index is 250. The SMILES string of the molecule is CC(C)OC(=O)C1CC(C(O)F)(C(O)F)C1. The minimum atomic E-state index is -2.48. The number of carbonyl (C=O) groups is 1. The van der Waals surface area contributed by atoms with Crippen molar-refractivity contribution in [2.75, 3.05) is 0 Å². The second kappa shape index (κ2) is 4.63. The van der Waals surface area contributed by atoms with Crippen LogP contribution in [0, 0.1) is 11.3 Å². The molecule has 1 rings (SSSR count). The lowest BCUT2D eigenvalue weighted by Crippen LogP contribution is -2.53. The smallest absolute Gasteiger partial charge is 0.309 e. The first kappa shape index (κ1) is 13.3. The normalized spacial score (nSPS) is 33.1. The van der Waals surface area contributed by atoms with Crippen LogP contribution in [0.4, 0.5) is 8.78 Å². The van der Waals surface area contributed by atoms with Gasteiger partial charge in [-0.1, -0.05) is 0 Å². The van der Waals surface area contributed by atoms with Gasteiger partial charge in [-0.2, -0.15) is 0 Å². The van der Waals surface area contributed by atoms with Gasteiger partial charge in [0, 0.05) is 0 Å². The molecule has 2 N–H and O–H groups in total. The van der Waals surface area contributed by atoms with E-state index in [-0.39, 0.29) is 18.9 Å². The third-order valence-corrected chi connectivity index (χ3v) is 2.89. The summed E-state index contributed by atoms with van der Waals surface area (Å²) >= 11 is 0. The molecule has 0 saturated heterocycles. The van der Waals surface area contributed by atoms with Crippen LogP contribution in [0.25, 0.3) is 0 Å². The highest BCUT2D eigenvalue weighted by atomic mass is 19.2. The third-order valence-electron chi connectivity index (χ3n) is 2.89. The standard InChI is InChI=1S/C10H16F2O4/c1-5(2)16-7(13)6-3-10(4-6,8(11)14)9(12)15/h5-6,8-9,14-15H,3-4H2,1-2H3. The van der Waals surface area contributed by atoms with E-state index >= 15 is 0 Å². The van der Waals surface area contributed by atoms with Crippen LogP contribution in [0.15, 0.2) is 0 Å². The molecule has 1 saturated carbocycles. The fourth-order valence-electron chi connectivity index (χ4n) is 1.86. The first-order valence-corrected chi connectivity index (χ1v) is 5.14. The number of aliphatic hydroxyl groups is 2. The number of rotatable bonds is 4. The Labute approximate surface area is 92.2 Å². The van der Waals surface area contributed by atoms with Crippen molar-refractivity contribution in [3.63, 3.8) is 0 Å². The maximum atomic E-state index is 12.8. The molecule has 0 aromatic heterocycles. The minimum Gasteiger partial charge on any atom is -0.463 e. The number of carbonyl (C=O) groups excluding carboxylic acids is 1. The zero-order valence-corrected chi connectivity index (χ0v) is 9.19. The highest BCUT2D eigenvalue weighted by Gasteiger charge is 2.58. The highest BCUT2D eigenvalue weighted by molar-refractivity contribution is 5.74. The van der Waals surface area contributed by atoms with Crippen molar-refractivity contribution in [2.24, 2.45) is 11.3 Å². The number of hydrogen-bond acceptors (Lipinski definition) is 4. The summed E-state index contributed by atoms with van der Waals surface area (Å²) in [6.07, 6.45) is -5.74. The Balaban J connectivity index is 2.54. The van der Waals surface area contributed by atoms with Crippen molar-refractivity contribution in [2.45, 2.75) is 45.5 Å². The Kier molecular flexibility index (Phi) is 3.85. The second-order valence-corrected chi connectivity index (χ2v) is 4.50. The molecule has 1 fully saturated rings. The van der Waals surface area contributed by atoms with E-state index in [2.05, 4.69) is 0 Å². The topological polar surface area (TPSA) is 66.8 Å². The summed E-state index contributed by atoms with van der Waals surface area (Å²) in [5.74, 6) is -1.20. The maximum Gasteiger partial charge on any atom is 0.309 e. The average molecular weight is 238 g/mol. The molecule has 0 amide bonds. The van der Waals surface area contributed by atoms with E-state index in [9.17, 15) is 13.6 Å². The average Bonchev–Trinajstić information content (AvgIpc) is 1.97. The Morgan fingerprint density at radius 3 is 2.06 bits per heavy atom. The molecule has 0 aliphatic heterocycles. The van der Waals surface area contributed by atoms with E-state index in [1.165, 1.54) is 0 Å². The van der Waals surface area contributed by atoms with Gasteiger partial charge in [0.2, 0.25) is 12.7 Å². The molecular formula is C10H16F2O4. The molecule has 1 aliphatic carbocycles. The van der Waals surface area contributed by atoms with Gasteiger partial charge in [-0.3, -0.25) is 4.79 Å². The van der Waals surface area contributed by atoms with Crippen LogP contribution in [-0.2, 0) is 9.53 Å². The summed E-state index contributed by atoms with van der Waals surface area (Å²) < 4.78 is 30.4. The van der Waals surface area contributed by atoms with Crippen molar-refractivity contribution in [3.05, 3.63) is 0 Å². The lowest BCUT2D eigenvalue weighted by Gasteiger charge is -2.46. The molecule has 1 aliphatic rings. The minimum absolute atomic E-state index is 0.242. The van der Waals surface area contributed by atoms with Gasteiger partial charge in [0.05, 0.1) is 17.4 Å². The fraction of sp³-hybridized carbons (Fsp3) is 0.900. The summed E-state index contributed by atoms with van der Waals surface area (Å²) in [7, 11) is 0. The summed E-state index contributed by atoms with van der Waals surface area (Å²) in [4.78, 5) is 11.3. The van der Waals surface area contributed by atoms with Gasteiger partial charge in [-0.15, -0.1) is 0 Å². The molecule has 2 atom stereocenters. The van der Waals surface area contributed by atoms with Crippen LogP contribution < -0.4 is 0 Å². The largest absolute Gasteiger partial charge is 0.463 e. The summed E-state index contributed by atoms with van der Waals surface area (Å²) in [5.41, 5.74) is -1.86. The zero-order chi connectivity index (χ0) is 12.5. The Morgan fingerprint density at radius 2 is 1.75 bits per heavy atom. The van der Waals surface area contributed by atoms with E-state index in [4.69, 9.17) is 14.9 Å². The molecular weight excluding hydrogens is 222 g/mol. The molecule has 16 heavy (non-hydrogen) atoms. The monoisotopic (exact) mass is 238 g/mol. The van der Waals surface area contributed by atoms with Crippen molar-refractivity contribution < 1.29 is 28.5 Å². The predicted molar refractivity (Wildman–Crippen MR) is 50.6 cm³/mol. The number of ether oxygens (including phenoxy) is 1. The molecule has 4 nitrogen and oxygen atoms in total. The van der Waals surface area contributed by atoms with Gasteiger partial charge in [0.15, 0.2) is 0 Å². The van der Waals surface area contributed by atoms with E-state index in [1.807, 2.05) is 0 Å². The number of alkyl halides is 2. The first-order chi connectivity index (χ1) is 7.29. The molecule has 0 spiro atoms. The number of esters is 1. The van der Waals surface area contributed by atoms with Crippen LogP contribution in [0.3, 0.4) is 0 Å². The molecule has 0 bridgehead atoms. The first-order valence-electron chi connectivity index (χ1n) is 5.14. The van der Waals surface area contributed by atoms with Gasteiger partial charge in [0.1, 0.15) is 0 Å². The Morgan fingerprint density at radius 1 is 1.31 bits per heavy atom. The van der Waals surface area contributed by atoms with Crippen LogP contribution in [-0.4, -0.2) is 35.0 Å². The molecule has 0 aromatic carbocycles. The molecule has 0 heterocycles. The van der Waals surface area contributed by atoms with Gasteiger partial charge in [0.25, 0.3) is 0 Å². The van der Waals surface area contributed by atoms with E-state index in [0.29, 0.717) is 0 Å². The summed E-state index contributed by atoms with van der Waals surface area (Å²) in [6, 6.07) is 0. The van der Waals surface area contributed by atoms with Gasteiger partial charge in [-0.05, 0) is 26.7 Å². The second-order valence-electron chi connectivity index (χ2n) is 4.50. The quantitative estimate of drug-likeness (QED) is 0.714. The van der Waals surface area contributed by atoms with Crippen LogP contribution >= 0.6 is 0 Å². The van der Waals surface area contributed by atoms with Crippen LogP contribution in [0.1, 0.15) is 26.7 Å². The molecule has 0 radical (unpaired) electrons. The molecule has 94 valence electrons. The number of hydrogen-bond donors (Lipinski definition) is 2. The summed E-state index contributed by atoms with van der Waals surface area (Å²) in [5, 5.41) is 17.5. The predicted octanol–water partition coefficient (Wildman–Crippen LogP) is 0.910. The third kappa shape index (κ3) is 2.32. The number of aliphatic hydroxyl groups excluding tert-OH is 2. The van der Waals surface area contributed by atoms with Crippen molar-refractivity contribution in [3.8, 4) is 0 Å². The lowest BCUT2D eigenvalue weighted by atomic mass is 9.61. The van der Waals surface area contributed by atoms with Gasteiger partial charge < -0.3 is 14.9 Å². The van der Waals surface area contributed by atoms with E-state index in [0.717, 1.165) is 0 Å². The maximum absolute atomic E-state index is 12.8. The van der Waals surface area contributed by atoms with Crippen molar-refractivity contribution in [1.82, 2.24) is 0 Å². The molecule has 0 aromatic rings. The van der Waals surface area contributed by atoms with E-state index < -0.39 is 30.0 Å².